The molecule has 0 aliphatic carbocycles. The van der Waals surface area contributed by atoms with E-state index < -0.39 is 6.36 Å². The standard InChI is InChI=1S/C17H16F3N3OS/c1-11-8-12-6-7-14(24-17(18,19)20)9-15(12)23(11)16-5-3-4-13(22-16)10-21-25-2/h3-9,21H,10H2,1-2H3. The summed E-state index contributed by atoms with van der Waals surface area (Å²) in [6.45, 7) is 2.48. The van der Waals surface area contributed by atoms with Crippen molar-refractivity contribution in [3.63, 3.8) is 0 Å². The maximum absolute atomic E-state index is 12.5. The molecular formula is C17H16F3N3OS. The summed E-state index contributed by atoms with van der Waals surface area (Å²) in [5.41, 5.74) is 2.33. The smallest absolute Gasteiger partial charge is 0.406 e. The van der Waals surface area contributed by atoms with Gasteiger partial charge in [-0.15, -0.1) is 13.2 Å². The van der Waals surface area contributed by atoms with Crippen molar-refractivity contribution < 1.29 is 17.9 Å². The Hall–Kier alpha value is -2.19. The fourth-order valence-electron chi connectivity index (χ4n) is 2.66. The Morgan fingerprint density at radius 3 is 2.72 bits per heavy atom. The first-order valence-corrected chi connectivity index (χ1v) is 8.70. The highest BCUT2D eigenvalue weighted by Gasteiger charge is 2.31. The summed E-state index contributed by atoms with van der Waals surface area (Å²) in [5.74, 6) is 0.400. The molecule has 0 radical (unpaired) electrons. The summed E-state index contributed by atoms with van der Waals surface area (Å²) in [6, 6.07) is 11.8. The van der Waals surface area contributed by atoms with Crippen LogP contribution in [0.4, 0.5) is 13.2 Å². The maximum atomic E-state index is 12.5. The number of hydrogen-bond donors (Lipinski definition) is 1. The summed E-state index contributed by atoms with van der Waals surface area (Å²) in [7, 11) is 0. The van der Waals surface area contributed by atoms with Crippen molar-refractivity contribution >= 4 is 22.9 Å². The number of hydrogen-bond acceptors (Lipinski definition) is 4. The summed E-state index contributed by atoms with van der Waals surface area (Å²) < 4.78 is 46.5. The van der Waals surface area contributed by atoms with Crippen LogP contribution in [0.15, 0.2) is 42.5 Å². The highest BCUT2D eigenvalue weighted by molar-refractivity contribution is 7.96. The van der Waals surface area contributed by atoms with E-state index in [9.17, 15) is 13.2 Å². The highest BCUT2D eigenvalue weighted by Crippen LogP contribution is 2.30. The minimum atomic E-state index is -4.72. The van der Waals surface area contributed by atoms with E-state index in [1.807, 2.05) is 42.0 Å². The van der Waals surface area contributed by atoms with Crippen LogP contribution in [0.2, 0.25) is 0 Å². The first-order valence-electron chi connectivity index (χ1n) is 7.47. The van der Waals surface area contributed by atoms with Gasteiger partial charge in [0.25, 0.3) is 0 Å². The fraction of sp³-hybridized carbons (Fsp3) is 0.235. The van der Waals surface area contributed by atoms with E-state index in [0.717, 1.165) is 16.8 Å². The second-order valence-corrected chi connectivity index (χ2v) is 6.10. The van der Waals surface area contributed by atoms with Gasteiger partial charge in [0.05, 0.1) is 11.2 Å². The zero-order valence-corrected chi connectivity index (χ0v) is 14.4. The van der Waals surface area contributed by atoms with Gasteiger partial charge in [-0.1, -0.05) is 18.0 Å². The lowest BCUT2D eigenvalue weighted by Crippen LogP contribution is -2.17. The average Bonchev–Trinajstić information content (AvgIpc) is 2.87. The molecule has 3 rings (SSSR count). The molecule has 1 N–H and O–H groups in total. The third kappa shape index (κ3) is 4.08. The van der Waals surface area contributed by atoms with Crippen LogP contribution in [0, 0.1) is 6.92 Å². The Morgan fingerprint density at radius 2 is 2.00 bits per heavy atom. The minimum Gasteiger partial charge on any atom is -0.406 e. The number of fused-ring (bicyclic) bond motifs is 1. The molecule has 0 spiro atoms. The van der Waals surface area contributed by atoms with E-state index >= 15 is 0 Å². The Kier molecular flexibility index (Phi) is 4.91. The summed E-state index contributed by atoms with van der Waals surface area (Å²) in [4.78, 5) is 4.59. The van der Waals surface area contributed by atoms with Crippen LogP contribution in [-0.2, 0) is 6.54 Å². The van der Waals surface area contributed by atoms with E-state index in [1.165, 1.54) is 24.1 Å². The second-order valence-electron chi connectivity index (χ2n) is 5.40. The molecule has 2 heterocycles. The Morgan fingerprint density at radius 1 is 1.20 bits per heavy atom. The van der Waals surface area contributed by atoms with Crippen molar-refractivity contribution in [2.75, 3.05) is 6.26 Å². The van der Waals surface area contributed by atoms with Crippen LogP contribution in [0.1, 0.15) is 11.4 Å². The van der Waals surface area contributed by atoms with Gasteiger partial charge in [0.15, 0.2) is 0 Å². The molecule has 0 saturated carbocycles. The van der Waals surface area contributed by atoms with Crippen LogP contribution >= 0.6 is 11.9 Å². The van der Waals surface area contributed by atoms with E-state index in [1.54, 1.807) is 6.07 Å². The molecule has 4 nitrogen and oxygen atoms in total. The van der Waals surface area contributed by atoms with Gasteiger partial charge in [-0.3, -0.25) is 9.29 Å². The molecule has 8 heteroatoms. The topological polar surface area (TPSA) is 39.1 Å². The monoisotopic (exact) mass is 367 g/mol. The predicted octanol–water partition coefficient (Wildman–Crippen LogP) is 4.60. The molecule has 0 bridgehead atoms. The lowest BCUT2D eigenvalue weighted by molar-refractivity contribution is -0.274. The van der Waals surface area contributed by atoms with Crippen molar-refractivity contribution in [1.29, 1.82) is 0 Å². The van der Waals surface area contributed by atoms with Gasteiger partial charge in [-0.25, -0.2) is 4.98 Å². The first-order chi connectivity index (χ1) is 11.9. The number of aryl methyl sites for hydroxylation is 1. The molecule has 3 aromatic rings. The van der Waals surface area contributed by atoms with E-state index in [4.69, 9.17) is 0 Å². The number of benzene rings is 1. The molecule has 0 atom stereocenters. The molecule has 2 aromatic heterocycles. The van der Waals surface area contributed by atoms with Gasteiger partial charge in [0.1, 0.15) is 11.6 Å². The largest absolute Gasteiger partial charge is 0.573 e. The SMILES string of the molecule is CSNCc1cccc(-n2c(C)cc3ccc(OC(F)(F)F)cc32)n1. The zero-order chi connectivity index (χ0) is 18.0. The van der Waals surface area contributed by atoms with Crippen molar-refractivity contribution in [2.24, 2.45) is 0 Å². The number of pyridine rings is 1. The normalized spacial score (nSPS) is 11.9. The molecule has 25 heavy (non-hydrogen) atoms. The van der Waals surface area contributed by atoms with Crippen LogP contribution in [0.5, 0.6) is 5.75 Å². The van der Waals surface area contributed by atoms with Gasteiger partial charge in [-0.05, 0) is 43.5 Å². The van der Waals surface area contributed by atoms with E-state index in [-0.39, 0.29) is 5.75 Å². The predicted molar refractivity (Wildman–Crippen MR) is 92.8 cm³/mol. The number of rotatable bonds is 5. The first kappa shape index (κ1) is 17.6. The molecule has 0 fully saturated rings. The van der Waals surface area contributed by atoms with Crippen LogP contribution < -0.4 is 9.46 Å². The molecular weight excluding hydrogens is 351 g/mol. The number of alkyl halides is 3. The third-order valence-electron chi connectivity index (χ3n) is 3.61. The minimum absolute atomic E-state index is 0.250. The summed E-state index contributed by atoms with van der Waals surface area (Å²) in [6.07, 6.45) is -2.79. The number of aromatic nitrogens is 2. The van der Waals surface area contributed by atoms with Crippen molar-refractivity contribution in [1.82, 2.24) is 14.3 Å². The van der Waals surface area contributed by atoms with Gasteiger partial charge in [-0.2, -0.15) is 0 Å². The molecule has 132 valence electrons. The van der Waals surface area contributed by atoms with Gasteiger partial charge >= 0.3 is 6.36 Å². The molecule has 0 saturated heterocycles. The second kappa shape index (κ2) is 6.97. The fourth-order valence-corrected chi connectivity index (χ4v) is 2.95. The molecule has 0 aliphatic heterocycles. The number of ether oxygens (including phenoxy) is 1. The van der Waals surface area contributed by atoms with Crippen molar-refractivity contribution in [3.8, 4) is 11.6 Å². The maximum Gasteiger partial charge on any atom is 0.573 e. The van der Waals surface area contributed by atoms with Gasteiger partial charge < -0.3 is 4.74 Å². The number of nitrogens with zero attached hydrogens (tertiary/aromatic N) is 2. The number of halogens is 3. The average molecular weight is 367 g/mol. The molecule has 0 unspecified atom stereocenters. The molecule has 0 amide bonds. The quantitative estimate of drug-likeness (QED) is 0.669. The highest BCUT2D eigenvalue weighted by atomic mass is 32.2. The molecule has 0 aliphatic rings. The van der Waals surface area contributed by atoms with Gasteiger partial charge in [0.2, 0.25) is 0 Å². The van der Waals surface area contributed by atoms with Gasteiger partial charge in [0, 0.05) is 23.7 Å². The van der Waals surface area contributed by atoms with Crippen LogP contribution in [0.3, 0.4) is 0 Å². The molecule has 1 aromatic carbocycles. The van der Waals surface area contributed by atoms with E-state index in [0.29, 0.717) is 17.9 Å². The summed E-state index contributed by atoms with van der Waals surface area (Å²) >= 11 is 1.49. The third-order valence-corrected chi connectivity index (χ3v) is 4.05. The number of nitrogens with one attached hydrogen (secondary N) is 1. The Balaban J connectivity index is 2.06. The summed E-state index contributed by atoms with van der Waals surface area (Å²) in [5, 5.41) is 0.821. The zero-order valence-electron chi connectivity index (χ0n) is 13.6. The van der Waals surface area contributed by atoms with Crippen LogP contribution in [-0.4, -0.2) is 22.2 Å². The Bertz CT molecular complexity index is 892. The van der Waals surface area contributed by atoms with E-state index in [2.05, 4.69) is 14.4 Å². The van der Waals surface area contributed by atoms with Crippen LogP contribution in [0.25, 0.3) is 16.7 Å². The lowest BCUT2D eigenvalue weighted by Gasteiger charge is -2.11. The van der Waals surface area contributed by atoms with Crippen molar-refractivity contribution in [3.05, 3.63) is 53.9 Å². The van der Waals surface area contributed by atoms with Crippen molar-refractivity contribution in [2.45, 2.75) is 19.8 Å². The Labute approximate surface area is 147 Å². The lowest BCUT2D eigenvalue weighted by atomic mass is 10.2.